The molecule has 1 aromatic carbocycles. The number of halogens is 2. The quantitative estimate of drug-likeness (QED) is 0.250. The lowest BCUT2D eigenvalue weighted by atomic mass is 9.84. The van der Waals surface area contributed by atoms with E-state index in [-0.39, 0.29) is 42.0 Å². The highest BCUT2D eigenvalue weighted by atomic mass is 127. The molecule has 0 aliphatic carbocycles. The van der Waals surface area contributed by atoms with Crippen LogP contribution in [0, 0.1) is 5.41 Å². The van der Waals surface area contributed by atoms with Gasteiger partial charge in [-0.1, -0.05) is 23.7 Å². The summed E-state index contributed by atoms with van der Waals surface area (Å²) in [5, 5.41) is 17.1. The number of aliphatic hydroxyl groups excluding tert-OH is 1. The van der Waals surface area contributed by atoms with E-state index < -0.39 is 0 Å². The first kappa shape index (κ1) is 25.6. The average Bonchev–Trinajstić information content (AvgIpc) is 3.40. The number of likely N-dealkylation sites (tertiary alicyclic amines) is 1. The summed E-state index contributed by atoms with van der Waals surface area (Å²) >= 11 is 6.27. The van der Waals surface area contributed by atoms with Gasteiger partial charge in [-0.2, -0.15) is 0 Å². The third-order valence-electron chi connectivity index (χ3n) is 6.02. The van der Waals surface area contributed by atoms with Gasteiger partial charge >= 0.3 is 0 Å². The van der Waals surface area contributed by atoms with Crippen molar-refractivity contribution in [3.63, 3.8) is 0 Å². The van der Waals surface area contributed by atoms with Gasteiger partial charge in [0.15, 0.2) is 5.96 Å². The Morgan fingerprint density at radius 1 is 1.33 bits per heavy atom. The number of aliphatic imine (C=N–C) groups is 1. The zero-order valence-electron chi connectivity index (χ0n) is 17.9. The van der Waals surface area contributed by atoms with E-state index >= 15 is 0 Å². The standard InChI is InChI=1S/C22H35ClN4O2.HI/c1-2-24-21(26-16-22(8-12-28)9-13-29-17-22)25-15-20(27-10-3-4-11-27)18-6-5-7-19(23)14-18;/h5-7,14,20,28H,2-4,8-13,15-17H2,1H3,(H2,24,25,26);1H. The summed E-state index contributed by atoms with van der Waals surface area (Å²) in [6.07, 6.45) is 4.17. The molecule has 0 radical (unpaired) electrons. The fourth-order valence-electron chi connectivity index (χ4n) is 4.29. The van der Waals surface area contributed by atoms with Crippen molar-refractivity contribution in [2.24, 2.45) is 10.4 Å². The first-order valence-corrected chi connectivity index (χ1v) is 11.2. The van der Waals surface area contributed by atoms with Crippen molar-refractivity contribution in [3.8, 4) is 0 Å². The number of aliphatic hydroxyl groups is 1. The monoisotopic (exact) mass is 550 g/mol. The highest BCUT2D eigenvalue weighted by Crippen LogP contribution is 2.32. The summed E-state index contributed by atoms with van der Waals surface area (Å²) in [6, 6.07) is 8.45. The summed E-state index contributed by atoms with van der Waals surface area (Å²) < 4.78 is 5.60. The molecule has 1 aromatic rings. The molecule has 2 aliphatic rings. The first-order valence-electron chi connectivity index (χ1n) is 10.9. The van der Waals surface area contributed by atoms with E-state index in [1.54, 1.807) is 0 Å². The van der Waals surface area contributed by atoms with Gasteiger partial charge in [0.05, 0.1) is 19.2 Å². The van der Waals surface area contributed by atoms with Gasteiger partial charge in [-0.15, -0.1) is 24.0 Å². The van der Waals surface area contributed by atoms with Gasteiger partial charge < -0.3 is 20.5 Å². The predicted octanol–water partition coefficient (Wildman–Crippen LogP) is 3.44. The molecule has 2 atom stereocenters. The molecular formula is C22H36ClIN4O2. The zero-order chi connectivity index (χ0) is 20.5. The molecule has 8 heteroatoms. The molecule has 2 fully saturated rings. The summed E-state index contributed by atoms with van der Waals surface area (Å²) in [7, 11) is 0. The SMILES string of the molecule is CCNC(=NCC1(CCO)CCOC1)NCC(c1cccc(Cl)c1)N1CCCC1.I. The van der Waals surface area contributed by atoms with Crippen molar-refractivity contribution in [1.29, 1.82) is 0 Å². The van der Waals surface area contributed by atoms with Crippen LogP contribution in [0.15, 0.2) is 29.3 Å². The maximum absolute atomic E-state index is 9.45. The lowest BCUT2D eigenvalue weighted by Gasteiger charge is -2.29. The van der Waals surface area contributed by atoms with Crippen LogP contribution in [0.2, 0.25) is 5.02 Å². The normalized spacial score (nSPS) is 23.2. The van der Waals surface area contributed by atoms with Gasteiger partial charge in [0, 0.05) is 36.7 Å². The molecule has 2 aliphatic heterocycles. The Morgan fingerprint density at radius 3 is 2.77 bits per heavy atom. The number of guanidine groups is 1. The molecule has 2 unspecified atom stereocenters. The number of ether oxygens (including phenoxy) is 1. The first-order chi connectivity index (χ1) is 14.2. The average molecular weight is 551 g/mol. The van der Waals surface area contributed by atoms with Crippen molar-refractivity contribution in [2.45, 2.75) is 38.6 Å². The van der Waals surface area contributed by atoms with E-state index in [1.807, 2.05) is 12.1 Å². The van der Waals surface area contributed by atoms with Crippen LogP contribution in [0.4, 0.5) is 0 Å². The van der Waals surface area contributed by atoms with Crippen LogP contribution in [-0.4, -0.2) is 68.5 Å². The Balaban J connectivity index is 0.00000320. The number of hydrogen-bond donors (Lipinski definition) is 3. The highest BCUT2D eigenvalue weighted by molar-refractivity contribution is 14.0. The minimum atomic E-state index is -0.0432. The minimum Gasteiger partial charge on any atom is -0.396 e. The molecule has 0 amide bonds. The van der Waals surface area contributed by atoms with Crippen LogP contribution in [0.5, 0.6) is 0 Å². The number of nitrogens with zero attached hydrogens (tertiary/aromatic N) is 2. The highest BCUT2D eigenvalue weighted by Gasteiger charge is 2.34. The Kier molecular flexibility index (Phi) is 11.2. The molecule has 0 saturated carbocycles. The van der Waals surface area contributed by atoms with Crippen molar-refractivity contribution >= 4 is 41.5 Å². The van der Waals surface area contributed by atoms with Crippen molar-refractivity contribution in [3.05, 3.63) is 34.9 Å². The topological polar surface area (TPSA) is 69.1 Å². The minimum absolute atomic E-state index is 0. The molecule has 3 N–H and O–H groups in total. The van der Waals surface area contributed by atoms with Crippen LogP contribution < -0.4 is 10.6 Å². The number of nitrogens with one attached hydrogen (secondary N) is 2. The lowest BCUT2D eigenvalue weighted by Crippen LogP contribution is -2.43. The predicted molar refractivity (Wildman–Crippen MR) is 134 cm³/mol. The van der Waals surface area contributed by atoms with Crippen molar-refractivity contribution < 1.29 is 9.84 Å². The Morgan fingerprint density at radius 2 is 2.13 bits per heavy atom. The molecule has 6 nitrogen and oxygen atoms in total. The molecular weight excluding hydrogens is 515 g/mol. The molecule has 0 aromatic heterocycles. The molecule has 30 heavy (non-hydrogen) atoms. The maximum Gasteiger partial charge on any atom is 0.191 e. The van der Waals surface area contributed by atoms with E-state index in [4.69, 9.17) is 21.3 Å². The molecule has 0 spiro atoms. The van der Waals surface area contributed by atoms with Gasteiger partial charge in [-0.05, 0) is 63.4 Å². The third-order valence-corrected chi connectivity index (χ3v) is 6.26. The van der Waals surface area contributed by atoms with Gasteiger partial charge in [-0.25, -0.2) is 0 Å². The zero-order valence-corrected chi connectivity index (χ0v) is 21.0. The third kappa shape index (κ3) is 7.22. The van der Waals surface area contributed by atoms with Gasteiger partial charge in [0.1, 0.15) is 0 Å². The molecule has 3 rings (SSSR count). The Labute approximate surface area is 202 Å². The van der Waals surface area contributed by atoms with Crippen LogP contribution >= 0.6 is 35.6 Å². The summed E-state index contributed by atoms with van der Waals surface area (Å²) in [6.45, 7) is 8.15. The number of hydrogen-bond acceptors (Lipinski definition) is 4. The van der Waals surface area contributed by atoms with Crippen LogP contribution in [0.25, 0.3) is 0 Å². The van der Waals surface area contributed by atoms with E-state index in [1.165, 1.54) is 18.4 Å². The van der Waals surface area contributed by atoms with Crippen molar-refractivity contribution in [2.75, 3.05) is 52.5 Å². The van der Waals surface area contributed by atoms with E-state index in [0.717, 1.165) is 56.6 Å². The van der Waals surface area contributed by atoms with E-state index in [0.29, 0.717) is 13.2 Å². The summed E-state index contributed by atoms with van der Waals surface area (Å²) in [5.74, 6) is 0.822. The smallest absolute Gasteiger partial charge is 0.191 e. The van der Waals surface area contributed by atoms with E-state index in [9.17, 15) is 5.11 Å². The molecule has 2 saturated heterocycles. The second-order valence-corrected chi connectivity index (χ2v) is 8.60. The molecule has 0 bridgehead atoms. The molecule has 2 heterocycles. The second kappa shape index (κ2) is 13.1. The Bertz CT molecular complexity index is 664. The lowest BCUT2D eigenvalue weighted by molar-refractivity contribution is 0.131. The number of benzene rings is 1. The second-order valence-electron chi connectivity index (χ2n) is 8.17. The Hall–Kier alpha value is -0.610. The van der Waals surface area contributed by atoms with Gasteiger partial charge in [0.2, 0.25) is 0 Å². The number of rotatable bonds is 9. The maximum atomic E-state index is 9.45. The van der Waals surface area contributed by atoms with Crippen molar-refractivity contribution in [1.82, 2.24) is 15.5 Å². The van der Waals surface area contributed by atoms with Crippen LogP contribution in [0.3, 0.4) is 0 Å². The fraction of sp³-hybridized carbons (Fsp3) is 0.682. The largest absolute Gasteiger partial charge is 0.396 e. The molecule has 170 valence electrons. The van der Waals surface area contributed by atoms with E-state index in [2.05, 4.69) is 34.6 Å². The van der Waals surface area contributed by atoms with Gasteiger partial charge in [0.25, 0.3) is 0 Å². The van der Waals surface area contributed by atoms with Crippen LogP contribution in [-0.2, 0) is 4.74 Å². The van der Waals surface area contributed by atoms with Gasteiger partial charge in [-0.3, -0.25) is 9.89 Å². The summed E-state index contributed by atoms with van der Waals surface area (Å²) in [5.41, 5.74) is 1.20. The van der Waals surface area contributed by atoms with Crippen LogP contribution in [0.1, 0.15) is 44.2 Å². The summed E-state index contributed by atoms with van der Waals surface area (Å²) in [4.78, 5) is 7.38. The fourth-order valence-corrected chi connectivity index (χ4v) is 4.49.